The Morgan fingerprint density at radius 1 is 1.42 bits per heavy atom. The van der Waals surface area contributed by atoms with E-state index in [1.807, 2.05) is 23.8 Å². The molecule has 0 saturated heterocycles. The fraction of sp³-hybridized carbons (Fsp3) is 0.500. The van der Waals surface area contributed by atoms with Gasteiger partial charge in [-0.3, -0.25) is 0 Å². The van der Waals surface area contributed by atoms with Gasteiger partial charge in [0.05, 0.1) is 16.5 Å². The number of nitrogens with zero attached hydrogens (tertiary/aromatic N) is 3. The smallest absolute Gasteiger partial charge is 0.157 e. The average molecular weight is 299 g/mol. The topological polar surface area (TPSA) is 64.8 Å². The molecule has 104 valence electrons. The van der Waals surface area contributed by atoms with Crippen LogP contribution in [0.25, 0.3) is 0 Å². The number of hydrogen-bond acceptors (Lipinski definition) is 5. The van der Waals surface area contributed by atoms with Gasteiger partial charge in [-0.05, 0) is 13.8 Å². The molecule has 0 N–H and O–H groups in total. The van der Waals surface area contributed by atoms with Crippen molar-refractivity contribution in [1.29, 1.82) is 0 Å². The normalized spacial score (nSPS) is 11.9. The first kappa shape index (κ1) is 14.2. The molecule has 0 unspecified atom stereocenters. The van der Waals surface area contributed by atoms with Gasteiger partial charge >= 0.3 is 0 Å². The molecule has 2 aromatic heterocycles. The van der Waals surface area contributed by atoms with E-state index in [2.05, 4.69) is 9.97 Å². The van der Waals surface area contributed by atoms with E-state index in [0.29, 0.717) is 12.2 Å². The van der Waals surface area contributed by atoms with Crippen molar-refractivity contribution in [3.05, 3.63) is 34.3 Å². The van der Waals surface area contributed by atoms with E-state index in [4.69, 9.17) is 0 Å². The molecule has 0 amide bonds. The van der Waals surface area contributed by atoms with Gasteiger partial charge in [0.25, 0.3) is 0 Å². The van der Waals surface area contributed by atoms with Crippen molar-refractivity contribution in [1.82, 2.24) is 14.5 Å². The lowest BCUT2D eigenvalue weighted by atomic mass is 10.4. The SMILES string of the molecule is CCn1ccnc1CS(=O)(=O)CCc1csc(C)n1. The highest BCUT2D eigenvalue weighted by Gasteiger charge is 2.16. The van der Waals surface area contributed by atoms with Crippen LogP contribution in [0, 0.1) is 6.92 Å². The summed E-state index contributed by atoms with van der Waals surface area (Å²) >= 11 is 1.54. The van der Waals surface area contributed by atoms with Gasteiger partial charge in [-0.1, -0.05) is 0 Å². The number of rotatable bonds is 6. The number of sulfone groups is 1. The molecular weight excluding hydrogens is 282 g/mol. The lowest BCUT2D eigenvalue weighted by Gasteiger charge is -2.05. The lowest BCUT2D eigenvalue weighted by molar-refractivity contribution is 0.589. The predicted molar refractivity (Wildman–Crippen MR) is 75.9 cm³/mol. The second-order valence-corrected chi connectivity index (χ2v) is 7.58. The van der Waals surface area contributed by atoms with Crippen LogP contribution < -0.4 is 0 Å². The maximum absolute atomic E-state index is 12.1. The standard InChI is InChI=1S/C12H17N3O2S2/c1-3-15-6-5-13-12(15)9-19(16,17)7-4-11-8-18-10(2)14-11/h5-6,8H,3-4,7,9H2,1-2H3. The molecule has 0 radical (unpaired) electrons. The number of imidazole rings is 1. The zero-order valence-electron chi connectivity index (χ0n) is 11.0. The van der Waals surface area contributed by atoms with Gasteiger partial charge in [0.15, 0.2) is 9.84 Å². The van der Waals surface area contributed by atoms with Crippen molar-refractivity contribution in [2.24, 2.45) is 0 Å². The van der Waals surface area contributed by atoms with E-state index in [9.17, 15) is 8.42 Å². The largest absolute Gasteiger partial charge is 0.334 e. The Kier molecular flexibility index (Phi) is 4.36. The molecule has 0 saturated carbocycles. The van der Waals surface area contributed by atoms with Crippen LogP contribution in [0.5, 0.6) is 0 Å². The molecule has 0 aromatic carbocycles. The number of thiazole rings is 1. The van der Waals surface area contributed by atoms with Gasteiger partial charge < -0.3 is 4.57 Å². The molecule has 19 heavy (non-hydrogen) atoms. The van der Waals surface area contributed by atoms with E-state index in [0.717, 1.165) is 17.2 Å². The minimum absolute atomic E-state index is 0.00302. The Morgan fingerprint density at radius 2 is 2.21 bits per heavy atom. The second kappa shape index (κ2) is 5.83. The van der Waals surface area contributed by atoms with Crippen molar-refractivity contribution >= 4 is 21.2 Å². The van der Waals surface area contributed by atoms with Crippen LogP contribution in [0.2, 0.25) is 0 Å². The van der Waals surface area contributed by atoms with Crippen molar-refractivity contribution < 1.29 is 8.42 Å². The highest BCUT2D eigenvalue weighted by molar-refractivity contribution is 7.90. The fourth-order valence-corrected chi connectivity index (χ4v) is 3.77. The first-order valence-electron chi connectivity index (χ1n) is 6.11. The van der Waals surface area contributed by atoms with Crippen LogP contribution in [0.4, 0.5) is 0 Å². The maximum Gasteiger partial charge on any atom is 0.157 e. The van der Waals surface area contributed by atoms with Crippen LogP contribution in [-0.2, 0) is 28.6 Å². The Labute approximate surface area is 117 Å². The van der Waals surface area contributed by atoms with E-state index in [1.165, 1.54) is 0 Å². The molecule has 0 fully saturated rings. The minimum Gasteiger partial charge on any atom is -0.334 e. The van der Waals surface area contributed by atoms with Crippen molar-refractivity contribution in [2.75, 3.05) is 5.75 Å². The predicted octanol–water partition coefficient (Wildman–Crippen LogP) is 1.83. The van der Waals surface area contributed by atoms with Gasteiger partial charge in [-0.25, -0.2) is 18.4 Å². The van der Waals surface area contributed by atoms with Crippen LogP contribution in [-0.4, -0.2) is 28.7 Å². The van der Waals surface area contributed by atoms with Crippen molar-refractivity contribution in [2.45, 2.75) is 32.6 Å². The molecule has 0 bridgehead atoms. The highest BCUT2D eigenvalue weighted by Crippen LogP contribution is 2.11. The van der Waals surface area contributed by atoms with E-state index in [-0.39, 0.29) is 11.5 Å². The van der Waals surface area contributed by atoms with Gasteiger partial charge in [-0.2, -0.15) is 0 Å². The molecule has 2 aromatic rings. The minimum atomic E-state index is -3.14. The summed E-state index contributed by atoms with van der Waals surface area (Å²) < 4.78 is 26.0. The lowest BCUT2D eigenvalue weighted by Crippen LogP contribution is -2.15. The third-order valence-electron chi connectivity index (χ3n) is 2.83. The molecule has 5 nitrogen and oxygen atoms in total. The molecule has 0 aliphatic rings. The zero-order valence-corrected chi connectivity index (χ0v) is 12.7. The maximum atomic E-state index is 12.1. The third-order valence-corrected chi connectivity index (χ3v) is 5.17. The van der Waals surface area contributed by atoms with Crippen LogP contribution in [0.15, 0.2) is 17.8 Å². The van der Waals surface area contributed by atoms with Gasteiger partial charge in [0.2, 0.25) is 0 Å². The summed E-state index contributed by atoms with van der Waals surface area (Å²) in [6.07, 6.45) is 3.91. The third kappa shape index (κ3) is 3.87. The Morgan fingerprint density at radius 3 is 2.84 bits per heavy atom. The number of hydrogen-bond donors (Lipinski definition) is 0. The van der Waals surface area contributed by atoms with Crippen LogP contribution in [0.3, 0.4) is 0 Å². The Bertz CT molecular complexity index is 643. The average Bonchev–Trinajstić information content (AvgIpc) is 2.95. The second-order valence-electron chi connectivity index (χ2n) is 4.33. The van der Waals surface area contributed by atoms with Crippen molar-refractivity contribution in [3.8, 4) is 0 Å². The highest BCUT2D eigenvalue weighted by atomic mass is 32.2. The molecule has 2 rings (SSSR count). The van der Waals surface area contributed by atoms with E-state index in [1.54, 1.807) is 23.7 Å². The van der Waals surface area contributed by atoms with E-state index >= 15 is 0 Å². The van der Waals surface area contributed by atoms with E-state index < -0.39 is 9.84 Å². The van der Waals surface area contributed by atoms with Crippen molar-refractivity contribution in [3.63, 3.8) is 0 Å². The molecule has 0 atom stereocenters. The molecule has 7 heteroatoms. The summed E-state index contributed by atoms with van der Waals surface area (Å²) in [6, 6.07) is 0. The molecule has 2 heterocycles. The summed E-state index contributed by atoms with van der Waals surface area (Å²) in [5.41, 5.74) is 0.852. The summed E-state index contributed by atoms with van der Waals surface area (Å²) in [5.74, 6) is 0.723. The molecule has 0 aliphatic carbocycles. The molecule has 0 spiro atoms. The first-order valence-corrected chi connectivity index (χ1v) is 8.81. The summed E-state index contributed by atoms with van der Waals surface area (Å²) in [7, 11) is -3.14. The fourth-order valence-electron chi connectivity index (χ4n) is 1.82. The molecular formula is C12H17N3O2S2. The zero-order chi connectivity index (χ0) is 13.9. The Hall–Kier alpha value is -1.21. The summed E-state index contributed by atoms with van der Waals surface area (Å²) in [4.78, 5) is 8.38. The summed E-state index contributed by atoms with van der Waals surface area (Å²) in [5, 5.41) is 2.88. The molecule has 0 aliphatic heterocycles. The Balaban J connectivity index is 1.99. The quantitative estimate of drug-likeness (QED) is 0.816. The van der Waals surface area contributed by atoms with Crippen LogP contribution in [0.1, 0.15) is 23.4 Å². The number of aryl methyl sites for hydroxylation is 3. The van der Waals surface area contributed by atoms with Gasteiger partial charge in [0, 0.05) is 30.7 Å². The van der Waals surface area contributed by atoms with Gasteiger partial charge in [0.1, 0.15) is 11.6 Å². The van der Waals surface area contributed by atoms with Gasteiger partial charge in [-0.15, -0.1) is 11.3 Å². The monoisotopic (exact) mass is 299 g/mol. The first-order chi connectivity index (χ1) is 9.00. The summed E-state index contributed by atoms with van der Waals surface area (Å²) in [6.45, 7) is 4.62. The van der Waals surface area contributed by atoms with Crippen LogP contribution >= 0.6 is 11.3 Å². The number of aromatic nitrogens is 3.